The topological polar surface area (TPSA) is 58.9 Å². The molecular weight excluding hydrogens is 301 g/mol. The molecule has 6 nitrogen and oxygen atoms in total. The number of hydrogen-bond donors (Lipinski definition) is 1. The number of nitrogens with one attached hydrogen (secondary N) is 1. The average molecular weight is 314 g/mol. The third-order valence-corrected chi connectivity index (χ3v) is 3.73. The number of carbonyl (C=O) groups is 1. The smallest absolute Gasteiger partial charge is 0.365 e. The fourth-order valence-corrected chi connectivity index (χ4v) is 2.33. The van der Waals surface area contributed by atoms with E-state index in [-0.39, 0.29) is 0 Å². The predicted molar refractivity (Wildman–Crippen MR) is 71.6 cm³/mol. The quantitative estimate of drug-likeness (QED) is 0.924. The van der Waals surface area contributed by atoms with E-state index in [1.165, 1.54) is 0 Å². The number of ether oxygens (including phenoxy) is 1. The Morgan fingerprint density at radius 1 is 1.41 bits per heavy atom. The minimum Gasteiger partial charge on any atom is -0.365 e. The summed E-state index contributed by atoms with van der Waals surface area (Å²) in [4.78, 5) is 17.1. The number of likely N-dealkylation sites (tertiary alicyclic amines) is 1. The van der Waals surface area contributed by atoms with Gasteiger partial charge in [-0.3, -0.25) is 0 Å². The van der Waals surface area contributed by atoms with E-state index in [4.69, 9.17) is 0 Å². The van der Waals surface area contributed by atoms with Crippen molar-refractivity contribution in [3.8, 4) is 0 Å². The zero-order valence-electron chi connectivity index (χ0n) is 11.6. The number of imidazole rings is 1. The first-order valence-electron chi connectivity index (χ1n) is 6.45. The summed E-state index contributed by atoms with van der Waals surface area (Å²) in [7, 11) is 0.996. The first kappa shape index (κ1) is 14.6. The van der Waals surface area contributed by atoms with E-state index < -0.39 is 30.9 Å². The number of anilines is 1. The van der Waals surface area contributed by atoms with Crippen molar-refractivity contribution < 1.29 is 22.7 Å². The number of aromatic nitrogens is 2. The van der Waals surface area contributed by atoms with Gasteiger partial charge in [-0.1, -0.05) is 0 Å². The number of carbonyl (C=O) groups excluding carboxylic acids is 1. The number of amides is 2. The molecular formula is C13H13F3N4O2. The summed E-state index contributed by atoms with van der Waals surface area (Å²) in [5.41, 5.74) is -1.09. The standard InChI is InChI=1S/C13H13F3N4O2/c1-22-12(13(14,15)16)7-20(8-12)11(21)18-9-2-3-10-17-4-5-19(10)6-9/h2-6H,7-8H2,1H3,(H,18,21). The van der Waals surface area contributed by atoms with Crippen LogP contribution in [-0.4, -0.2) is 52.3 Å². The number of alkyl halides is 3. The van der Waals surface area contributed by atoms with E-state index in [1.807, 2.05) is 0 Å². The normalized spacial score (nSPS) is 17.4. The molecule has 1 N–H and O–H groups in total. The van der Waals surface area contributed by atoms with Crippen LogP contribution in [0.3, 0.4) is 0 Å². The van der Waals surface area contributed by atoms with Crippen molar-refractivity contribution in [3.63, 3.8) is 0 Å². The van der Waals surface area contributed by atoms with Crippen LogP contribution >= 0.6 is 0 Å². The van der Waals surface area contributed by atoms with Crippen LogP contribution in [0.15, 0.2) is 30.7 Å². The molecule has 0 aliphatic carbocycles. The first-order chi connectivity index (χ1) is 10.3. The third-order valence-electron chi connectivity index (χ3n) is 3.73. The third kappa shape index (κ3) is 2.27. The summed E-state index contributed by atoms with van der Waals surface area (Å²) in [6.45, 7) is -1.04. The Labute approximate surface area is 123 Å². The number of halogens is 3. The molecule has 22 heavy (non-hydrogen) atoms. The molecule has 9 heteroatoms. The lowest BCUT2D eigenvalue weighted by atomic mass is 9.93. The highest BCUT2D eigenvalue weighted by atomic mass is 19.4. The zero-order valence-corrected chi connectivity index (χ0v) is 11.6. The summed E-state index contributed by atoms with van der Waals surface area (Å²) in [6.07, 6.45) is 0.433. The molecule has 1 aliphatic rings. The summed E-state index contributed by atoms with van der Waals surface area (Å²) in [5.74, 6) is 0. The van der Waals surface area contributed by atoms with Gasteiger partial charge in [0.25, 0.3) is 0 Å². The fourth-order valence-electron chi connectivity index (χ4n) is 2.33. The first-order valence-corrected chi connectivity index (χ1v) is 6.45. The highest BCUT2D eigenvalue weighted by Gasteiger charge is 2.63. The molecule has 1 fully saturated rings. The van der Waals surface area contributed by atoms with Gasteiger partial charge in [0.2, 0.25) is 0 Å². The minimum atomic E-state index is -4.51. The van der Waals surface area contributed by atoms with Crippen molar-refractivity contribution in [1.29, 1.82) is 0 Å². The Bertz CT molecular complexity index is 707. The molecule has 0 atom stereocenters. The van der Waals surface area contributed by atoms with Crippen molar-refractivity contribution in [2.75, 3.05) is 25.5 Å². The number of urea groups is 1. The van der Waals surface area contributed by atoms with Crippen LogP contribution in [0, 0.1) is 0 Å². The molecule has 0 unspecified atom stereocenters. The van der Waals surface area contributed by atoms with Gasteiger partial charge in [-0.05, 0) is 12.1 Å². The van der Waals surface area contributed by atoms with Crippen LogP contribution in [0.25, 0.3) is 5.65 Å². The van der Waals surface area contributed by atoms with Crippen LogP contribution < -0.4 is 5.32 Å². The van der Waals surface area contributed by atoms with Crippen molar-refractivity contribution in [1.82, 2.24) is 14.3 Å². The number of nitrogens with zero attached hydrogens (tertiary/aromatic N) is 3. The van der Waals surface area contributed by atoms with Crippen molar-refractivity contribution in [2.24, 2.45) is 0 Å². The maximum Gasteiger partial charge on any atom is 0.420 e. The molecule has 2 aromatic heterocycles. The maximum absolute atomic E-state index is 12.9. The summed E-state index contributed by atoms with van der Waals surface area (Å²) in [6, 6.07) is 2.73. The molecule has 2 amide bonds. The molecule has 0 aromatic carbocycles. The van der Waals surface area contributed by atoms with Gasteiger partial charge in [0.05, 0.1) is 18.8 Å². The summed E-state index contributed by atoms with van der Waals surface area (Å²) < 4.78 is 44.8. The van der Waals surface area contributed by atoms with E-state index in [1.54, 1.807) is 35.1 Å². The predicted octanol–water partition coefficient (Wildman–Crippen LogP) is 2.13. The van der Waals surface area contributed by atoms with E-state index in [2.05, 4.69) is 15.0 Å². The monoisotopic (exact) mass is 314 g/mol. The minimum absolute atomic E-state index is 0.470. The number of pyridine rings is 1. The molecule has 0 radical (unpaired) electrons. The van der Waals surface area contributed by atoms with Gasteiger partial charge in [-0.2, -0.15) is 13.2 Å². The summed E-state index contributed by atoms with van der Waals surface area (Å²) >= 11 is 0. The van der Waals surface area contributed by atoms with E-state index >= 15 is 0 Å². The SMILES string of the molecule is COC1(C(F)(F)F)CN(C(=O)Nc2ccc3nccn3c2)C1. The zero-order chi connectivity index (χ0) is 16.0. The largest absolute Gasteiger partial charge is 0.420 e. The van der Waals surface area contributed by atoms with Crippen LogP contribution in [0.4, 0.5) is 23.7 Å². The van der Waals surface area contributed by atoms with Crippen molar-refractivity contribution in [2.45, 2.75) is 11.8 Å². The van der Waals surface area contributed by atoms with E-state index in [0.717, 1.165) is 12.0 Å². The van der Waals surface area contributed by atoms with E-state index in [0.29, 0.717) is 11.3 Å². The highest BCUT2D eigenvalue weighted by Crippen LogP contribution is 2.40. The van der Waals surface area contributed by atoms with Crippen molar-refractivity contribution in [3.05, 3.63) is 30.7 Å². The number of hydrogen-bond acceptors (Lipinski definition) is 3. The Balaban J connectivity index is 1.66. The Kier molecular flexibility index (Phi) is 3.24. The number of methoxy groups -OCH3 is 1. The number of rotatable bonds is 2. The van der Waals surface area contributed by atoms with Crippen LogP contribution in [-0.2, 0) is 4.74 Å². The molecule has 0 spiro atoms. The second-order valence-electron chi connectivity index (χ2n) is 5.09. The Morgan fingerprint density at radius 3 is 2.77 bits per heavy atom. The van der Waals surface area contributed by atoms with Gasteiger partial charge in [0.15, 0.2) is 5.60 Å². The second kappa shape index (κ2) is 4.87. The average Bonchev–Trinajstić information content (AvgIpc) is 2.83. The molecule has 0 saturated carbocycles. The molecule has 3 rings (SSSR count). The van der Waals surface area contributed by atoms with Crippen LogP contribution in [0.2, 0.25) is 0 Å². The Hall–Kier alpha value is -2.29. The molecule has 1 saturated heterocycles. The van der Waals surface area contributed by atoms with E-state index in [9.17, 15) is 18.0 Å². The maximum atomic E-state index is 12.9. The lowest BCUT2D eigenvalue weighted by molar-refractivity contribution is -0.303. The highest BCUT2D eigenvalue weighted by molar-refractivity contribution is 5.90. The van der Waals surface area contributed by atoms with Gasteiger partial charge in [0.1, 0.15) is 5.65 Å². The molecule has 1 aliphatic heterocycles. The summed E-state index contributed by atoms with van der Waals surface area (Å²) in [5, 5.41) is 2.55. The van der Waals surface area contributed by atoms with Crippen LogP contribution in [0.5, 0.6) is 0 Å². The number of fused-ring (bicyclic) bond motifs is 1. The lowest BCUT2D eigenvalue weighted by Gasteiger charge is -2.49. The second-order valence-corrected chi connectivity index (χ2v) is 5.09. The van der Waals surface area contributed by atoms with Gasteiger partial charge in [0, 0.05) is 25.7 Å². The Morgan fingerprint density at radius 2 is 2.14 bits per heavy atom. The lowest BCUT2D eigenvalue weighted by Crippen LogP contribution is -2.71. The van der Waals surface area contributed by atoms with Gasteiger partial charge < -0.3 is 19.4 Å². The van der Waals surface area contributed by atoms with Gasteiger partial charge in [-0.25, -0.2) is 9.78 Å². The van der Waals surface area contributed by atoms with Gasteiger partial charge >= 0.3 is 12.2 Å². The fraction of sp³-hybridized carbons (Fsp3) is 0.385. The molecule has 2 aromatic rings. The van der Waals surface area contributed by atoms with Crippen molar-refractivity contribution >= 4 is 17.4 Å². The van der Waals surface area contributed by atoms with Crippen LogP contribution in [0.1, 0.15) is 0 Å². The molecule has 3 heterocycles. The van der Waals surface area contributed by atoms with Gasteiger partial charge in [-0.15, -0.1) is 0 Å². The molecule has 118 valence electrons. The molecule has 0 bridgehead atoms.